The first-order valence-corrected chi connectivity index (χ1v) is 7.39. The van der Waals surface area contributed by atoms with Gasteiger partial charge >= 0.3 is 5.97 Å². The lowest BCUT2D eigenvalue weighted by Crippen LogP contribution is -2.46. The Kier molecular flexibility index (Phi) is 5.41. The van der Waals surface area contributed by atoms with E-state index in [4.69, 9.17) is 5.11 Å². The molecule has 0 aliphatic carbocycles. The lowest BCUT2D eigenvalue weighted by atomic mass is 10.0. The number of likely N-dealkylation sites (N-methyl/N-ethyl adjacent to an activating group) is 1. The number of para-hydroxylation sites is 1. The van der Waals surface area contributed by atoms with Gasteiger partial charge in [0.25, 0.3) is 0 Å². The molecule has 1 aromatic carbocycles. The normalized spacial score (nSPS) is 19.3. The van der Waals surface area contributed by atoms with Crippen LogP contribution in [0.2, 0.25) is 0 Å². The highest BCUT2D eigenvalue weighted by Gasteiger charge is 2.23. The van der Waals surface area contributed by atoms with Crippen LogP contribution in [-0.4, -0.2) is 48.7 Å². The Hall–Kier alpha value is -1.55. The Morgan fingerprint density at radius 3 is 2.85 bits per heavy atom. The zero-order chi connectivity index (χ0) is 14.4. The molecule has 1 aliphatic heterocycles. The molecular formula is C16H24N2O2. The van der Waals surface area contributed by atoms with Crippen molar-refractivity contribution in [2.24, 2.45) is 0 Å². The van der Waals surface area contributed by atoms with Crippen molar-refractivity contribution in [2.45, 2.75) is 31.7 Å². The number of piperidine rings is 1. The maximum Gasteiger partial charge on any atom is 0.303 e. The van der Waals surface area contributed by atoms with Crippen LogP contribution in [0.5, 0.6) is 0 Å². The number of hydrogen-bond acceptors (Lipinski definition) is 3. The molecule has 0 amide bonds. The lowest BCUT2D eigenvalue weighted by Gasteiger charge is -2.39. The van der Waals surface area contributed by atoms with Crippen LogP contribution in [-0.2, 0) is 4.79 Å². The van der Waals surface area contributed by atoms with Crippen molar-refractivity contribution in [3.05, 3.63) is 30.3 Å². The van der Waals surface area contributed by atoms with E-state index in [-0.39, 0.29) is 6.42 Å². The van der Waals surface area contributed by atoms with Crippen molar-refractivity contribution in [1.82, 2.24) is 4.90 Å². The summed E-state index contributed by atoms with van der Waals surface area (Å²) in [4.78, 5) is 15.3. The van der Waals surface area contributed by atoms with Gasteiger partial charge in [0.15, 0.2) is 0 Å². The average molecular weight is 276 g/mol. The number of rotatable bonds is 6. The van der Waals surface area contributed by atoms with Gasteiger partial charge in [0.2, 0.25) is 0 Å². The third kappa shape index (κ3) is 4.23. The second-order valence-corrected chi connectivity index (χ2v) is 5.56. The third-order valence-electron chi connectivity index (χ3n) is 4.04. The van der Waals surface area contributed by atoms with Gasteiger partial charge in [0, 0.05) is 31.2 Å². The van der Waals surface area contributed by atoms with Crippen molar-refractivity contribution in [2.75, 3.05) is 31.6 Å². The first-order valence-electron chi connectivity index (χ1n) is 7.39. The molecule has 1 heterocycles. The summed E-state index contributed by atoms with van der Waals surface area (Å²) in [7, 11) is 2.11. The Balaban J connectivity index is 1.85. The molecule has 1 N–H and O–H groups in total. The van der Waals surface area contributed by atoms with Crippen LogP contribution in [0.4, 0.5) is 5.69 Å². The standard InChI is InChI=1S/C16H24N2O2/c1-17(11-6-10-16(19)20)15-9-5-12-18(13-15)14-7-3-2-4-8-14/h2-4,7-8,15H,5-6,9-13H2,1H3,(H,19,20). The molecule has 4 heteroatoms. The van der Waals surface area contributed by atoms with Crippen LogP contribution in [0, 0.1) is 0 Å². The molecule has 110 valence electrons. The first kappa shape index (κ1) is 14.9. The molecular weight excluding hydrogens is 252 g/mol. The number of carboxylic acid groups (broad SMARTS) is 1. The van der Waals surface area contributed by atoms with Crippen molar-refractivity contribution < 1.29 is 9.90 Å². The fourth-order valence-electron chi connectivity index (χ4n) is 2.85. The van der Waals surface area contributed by atoms with Crippen molar-refractivity contribution in [3.8, 4) is 0 Å². The fraction of sp³-hybridized carbons (Fsp3) is 0.562. The first-order chi connectivity index (χ1) is 9.66. The fourth-order valence-corrected chi connectivity index (χ4v) is 2.85. The molecule has 1 aliphatic rings. The van der Waals surface area contributed by atoms with Crippen LogP contribution in [0.1, 0.15) is 25.7 Å². The Morgan fingerprint density at radius 1 is 1.40 bits per heavy atom. The summed E-state index contributed by atoms with van der Waals surface area (Å²) in [5.41, 5.74) is 1.29. The van der Waals surface area contributed by atoms with Gasteiger partial charge in [0.05, 0.1) is 0 Å². The van der Waals surface area contributed by atoms with E-state index in [0.717, 1.165) is 26.1 Å². The Bertz CT molecular complexity index is 422. The number of carboxylic acids is 1. The largest absolute Gasteiger partial charge is 0.481 e. The Labute approximate surface area is 121 Å². The summed E-state index contributed by atoms with van der Waals surface area (Å²) in [6.45, 7) is 3.01. The monoisotopic (exact) mass is 276 g/mol. The second kappa shape index (κ2) is 7.29. The second-order valence-electron chi connectivity index (χ2n) is 5.56. The summed E-state index contributed by atoms with van der Waals surface area (Å²) >= 11 is 0. The van der Waals surface area contributed by atoms with E-state index in [1.165, 1.54) is 18.5 Å². The van der Waals surface area contributed by atoms with Gasteiger partial charge in [-0.25, -0.2) is 0 Å². The van der Waals surface area contributed by atoms with E-state index in [9.17, 15) is 4.79 Å². The van der Waals surface area contributed by atoms with Crippen LogP contribution < -0.4 is 4.90 Å². The van der Waals surface area contributed by atoms with Crippen molar-refractivity contribution >= 4 is 11.7 Å². The smallest absolute Gasteiger partial charge is 0.303 e. The third-order valence-corrected chi connectivity index (χ3v) is 4.04. The van der Waals surface area contributed by atoms with Gasteiger partial charge in [0.1, 0.15) is 0 Å². The topological polar surface area (TPSA) is 43.8 Å². The predicted molar refractivity (Wildman–Crippen MR) is 81.2 cm³/mol. The quantitative estimate of drug-likeness (QED) is 0.867. The number of carbonyl (C=O) groups is 1. The lowest BCUT2D eigenvalue weighted by molar-refractivity contribution is -0.137. The summed E-state index contributed by atoms with van der Waals surface area (Å²) < 4.78 is 0. The summed E-state index contributed by atoms with van der Waals surface area (Å²) in [6.07, 6.45) is 3.39. The zero-order valence-electron chi connectivity index (χ0n) is 12.2. The predicted octanol–water partition coefficient (Wildman–Crippen LogP) is 2.45. The molecule has 20 heavy (non-hydrogen) atoms. The maximum atomic E-state index is 10.6. The van der Waals surface area contributed by atoms with Gasteiger partial charge < -0.3 is 14.9 Å². The Morgan fingerprint density at radius 2 is 2.15 bits per heavy atom. The number of benzene rings is 1. The van der Waals surface area contributed by atoms with Crippen LogP contribution in [0.25, 0.3) is 0 Å². The molecule has 0 aromatic heterocycles. The molecule has 0 spiro atoms. The number of aliphatic carboxylic acids is 1. The van der Waals surface area contributed by atoms with Gasteiger partial charge in [-0.05, 0) is 45.0 Å². The van der Waals surface area contributed by atoms with Gasteiger partial charge in [-0.2, -0.15) is 0 Å². The average Bonchev–Trinajstić information content (AvgIpc) is 2.48. The molecule has 1 atom stereocenters. The highest BCUT2D eigenvalue weighted by atomic mass is 16.4. The molecule has 4 nitrogen and oxygen atoms in total. The molecule has 1 saturated heterocycles. The molecule has 1 aromatic rings. The summed E-state index contributed by atoms with van der Waals surface area (Å²) in [5, 5.41) is 8.70. The van der Waals surface area contributed by atoms with Crippen LogP contribution in [0.3, 0.4) is 0 Å². The highest BCUT2D eigenvalue weighted by Crippen LogP contribution is 2.21. The minimum atomic E-state index is -0.701. The van der Waals surface area contributed by atoms with E-state index in [2.05, 4.69) is 41.1 Å². The molecule has 2 rings (SSSR count). The van der Waals surface area contributed by atoms with Crippen LogP contribution >= 0.6 is 0 Å². The molecule has 0 bridgehead atoms. The van der Waals surface area contributed by atoms with E-state index < -0.39 is 5.97 Å². The molecule has 1 fully saturated rings. The summed E-state index contributed by atoms with van der Waals surface area (Å²) in [6, 6.07) is 11.0. The van der Waals surface area contributed by atoms with E-state index >= 15 is 0 Å². The zero-order valence-corrected chi connectivity index (χ0v) is 12.2. The van der Waals surface area contributed by atoms with Crippen LogP contribution in [0.15, 0.2) is 30.3 Å². The number of nitrogens with zero attached hydrogens (tertiary/aromatic N) is 2. The maximum absolute atomic E-state index is 10.6. The molecule has 1 unspecified atom stereocenters. The summed E-state index contributed by atoms with van der Waals surface area (Å²) in [5.74, 6) is -0.701. The van der Waals surface area contributed by atoms with Crippen molar-refractivity contribution in [1.29, 1.82) is 0 Å². The SMILES string of the molecule is CN(CCCC(=O)O)C1CCCN(c2ccccc2)C1. The van der Waals surface area contributed by atoms with Crippen molar-refractivity contribution in [3.63, 3.8) is 0 Å². The minimum Gasteiger partial charge on any atom is -0.481 e. The molecule has 0 radical (unpaired) electrons. The highest BCUT2D eigenvalue weighted by molar-refractivity contribution is 5.66. The van der Waals surface area contributed by atoms with E-state index in [1.54, 1.807) is 0 Å². The van der Waals surface area contributed by atoms with Gasteiger partial charge in [-0.15, -0.1) is 0 Å². The van der Waals surface area contributed by atoms with E-state index in [1.807, 2.05) is 6.07 Å². The number of hydrogen-bond donors (Lipinski definition) is 1. The van der Waals surface area contributed by atoms with Gasteiger partial charge in [-0.1, -0.05) is 18.2 Å². The minimum absolute atomic E-state index is 0.263. The number of anilines is 1. The molecule has 0 saturated carbocycles. The van der Waals surface area contributed by atoms with E-state index in [0.29, 0.717) is 6.04 Å². The van der Waals surface area contributed by atoms with Gasteiger partial charge in [-0.3, -0.25) is 4.79 Å².